The zero-order chi connectivity index (χ0) is 9.24. The monoisotopic (exact) mass is 190 g/mol. The second-order valence-electron chi connectivity index (χ2n) is 4.03. The summed E-state index contributed by atoms with van der Waals surface area (Å²) in [6, 6.07) is 0. The van der Waals surface area contributed by atoms with Crippen molar-refractivity contribution < 1.29 is 9.18 Å². The van der Waals surface area contributed by atoms with Crippen LogP contribution in [0.5, 0.6) is 0 Å². The van der Waals surface area contributed by atoms with Gasteiger partial charge in [-0.1, -0.05) is 0 Å². The first kappa shape index (κ1) is 10.0. The first-order valence-electron chi connectivity index (χ1n) is 4.27. The van der Waals surface area contributed by atoms with Crippen LogP contribution < -0.4 is 0 Å². The highest BCUT2D eigenvalue weighted by Crippen LogP contribution is 2.42. The zero-order valence-electron chi connectivity index (χ0n) is 7.60. The molecule has 0 bridgehead atoms. The summed E-state index contributed by atoms with van der Waals surface area (Å²) in [5.74, 6) is 0.995. The molecule has 1 nitrogen and oxygen atoms in total. The van der Waals surface area contributed by atoms with Crippen molar-refractivity contribution in [3.8, 4) is 0 Å². The minimum Gasteiger partial charge on any atom is -0.302 e. The van der Waals surface area contributed by atoms with Crippen LogP contribution in [-0.4, -0.2) is 22.5 Å². The zero-order valence-corrected chi connectivity index (χ0v) is 8.42. The van der Waals surface area contributed by atoms with Crippen LogP contribution in [0, 0.1) is 0 Å². The first-order valence-corrected chi connectivity index (χ1v) is 5.25. The Labute approximate surface area is 77.1 Å². The maximum atomic E-state index is 13.3. The van der Waals surface area contributed by atoms with E-state index in [1.165, 1.54) is 13.8 Å². The molecule has 0 aromatic carbocycles. The fourth-order valence-electron chi connectivity index (χ4n) is 1.70. The van der Waals surface area contributed by atoms with Gasteiger partial charge in [-0.2, -0.15) is 0 Å². The van der Waals surface area contributed by atoms with E-state index in [9.17, 15) is 9.18 Å². The second-order valence-corrected chi connectivity index (χ2v) is 5.54. The largest absolute Gasteiger partial charge is 0.302 e. The van der Waals surface area contributed by atoms with E-state index in [0.29, 0.717) is 6.42 Å². The van der Waals surface area contributed by atoms with Crippen molar-refractivity contribution in [1.82, 2.24) is 0 Å². The standard InChI is InChI=1S/C9H15FOS/c1-8(2,10)6-9(7-11)4-3-5-12-9/h7H,3-6H2,1-2H3. The van der Waals surface area contributed by atoms with Crippen LogP contribution >= 0.6 is 11.8 Å². The number of thioether (sulfide) groups is 1. The van der Waals surface area contributed by atoms with Gasteiger partial charge in [-0.15, -0.1) is 11.8 Å². The first-order chi connectivity index (χ1) is 5.47. The molecular formula is C9H15FOS. The molecule has 0 amide bonds. The van der Waals surface area contributed by atoms with Gasteiger partial charge in [0.15, 0.2) is 0 Å². The Bertz CT molecular complexity index is 168. The molecule has 0 aromatic heterocycles. The minimum atomic E-state index is -1.22. The van der Waals surface area contributed by atoms with Gasteiger partial charge in [0.2, 0.25) is 0 Å². The van der Waals surface area contributed by atoms with Crippen molar-refractivity contribution in [2.75, 3.05) is 5.75 Å². The minimum absolute atomic E-state index is 0.355. The summed E-state index contributed by atoms with van der Waals surface area (Å²) in [6.45, 7) is 3.08. The number of alkyl halides is 1. The van der Waals surface area contributed by atoms with Crippen LogP contribution in [0.15, 0.2) is 0 Å². The van der Waals surface area contributed by atoms with Gasteiger partial charge in [0.25, 0.3) is 0 Å². The normalized spacial score (nSPS) is 30.6. The maximum Gasteiger partial charge on any atom is 0.136 e. The Morgan fingerprint density at radius 1 is 1.67 bits per heavy atom. The molecule has 0 N–H and O–H groups in total. The SMILES string of the molecule is CC(C)(F)CC1(C=O)CCCS1. The number of hydrogen-bond acceptors (Lipinski definition) is 2. The fourth-order valence-corrected chi connectivity index (χ4v) is 3.20. The van der Waals surface area contributed by atoms with Crippen LogP contribution in [0.3, 0.4) is 0 Å². The Kier molecular flexibility index (Phi) is 2.81. The van der Waals surface area contributed by atoms with Crippen molar-refractivity contribution in [1.29, 1.82) is 0 Å². The summed E-state index contributed by atoms with van der Waals surface area (Å²) in [5, 5.41) is 0. The number of hydrogen-bond donors (Lipinski definition) is 0. The van der Waals surface area contributed by atoms with E-state index in [4.69, 9.17) is 0 Å². The smallest absolute Gasteiger partial charge is 0.136 e. The topological polar surface area (TPSA) is 17.1 Å². The quantitative estimate of drug-likeness (QED) is 0.636. The summed E-state index contributed by atoms with van der Waals surface area (Å²) in [6.07, 6.45) is 3.17. The molecular weight excluding hydrogens is 175 g/mol. The molecule has 1 fully saturated rings. The summed E-state index contributed by atoms with van der Waals surface area (Å²) < 4.78 is 12.9. The summed E-state index contributed by atoms with van der Waals surface area (Å²) in [7, 11) is 0. The summed E-state index contributed by atoms with van der Waals surface area (Å²) in [4.78, 5) is 10.8. The van der Waals surface area contributed by atoms with Gasteiger partial charge in [0.1, 0.15) is 12.0 Å². The van der Waals surface area contributed by atoms with Gasteiger partial charge < -0.3 is 4.79 Å². The maximum absolute atomic E-state index is 13.3. The summed E-state index contributed by atoms with van der Waals surface area (Å²) in [5.41, 5.74) is -1.22. The predicted octanol–water partition coefficient (Wildman–Crippen LogP) is 2.59. The molecule has 1 aliphatic heterocycles. The van der Waals surface area contributed by atoms with E-state index in [1.54, 1.807) is 11.8 Å². The molecule has 1 unspecified atom stereocenters. The Balaban J connectivity index is 2.62. The Morgan fingerprint density at radius 3 is 2.67 bits per heavy atom. The average Bonchev–Trinajstić information content (AvgIpc) is 2.34. The molecule has 0 aromatic rings. The molecule has 0 aliphatic carbocycles. The number of carbonyl (C=O) groups excluding carboxylic acids is 1. The van der Waals surface area contributed by atoms with Crippen LogP contribution in [0.25, 0.3) is 0 Å². The fraction of sp³-hybridized carbons (Fsp3) is 0.889. The van der Waals surface area contributed by atoms with E-state index in [-0.39, 0.29) is 0 Å². The molecule has 3 heteroatoms. The van der Waals surface area contributed by atoms with Gasteiger partial charge in [-0.25, -0.2) is 4.39 Å². The molecule has 0 spiro atoms. The molecule has 70 valence electrons. The molecule has 1 saturated heterocycles. The number of rotatable bonds is 3. The molecule has 1 heterocycles. The lowest BCUT2D eigenvalue weighted by molar-refractivity contribution is -0.110. The molecule has 12 heavy (non-hydrogen) atoms. The highest BCUT2D eigenvalue weighted by atomic mass is 32.2. The van der Waals surface area contributed by atoms with Crippen LogP contribution in [-0.2, 0) is 4.79 Å². The van der Waals surface area contributed by atoms with E-state index < -0.39 is 10.4 Å². The predicted molar refractivity (Wildman–Crippen MR) is 50.3 cm³/mol. The number of aldehydes is 1. The van der Waals surface area contributed by atoms with E-state index in [2.05, 4.69) is 0 Å². The lowest BCUT2D eigenvalue weighted by atomic mass is 9.92. The van der Waals surface area contributed by atoms with Gasteiger partial charge >= 0.3 is 0 Å². The van der Waals surface area contributed by atoms with Crippen molar-refractivity contribution >= 4 is 18.0 Å². The van der Waals surface area contributed by atoms with Crippen molar-refractivity contribution in [3.05, 3.63) is 0 Å². The molecule has 1 rings (SSSR count). The molecule has 0 radical (unpaired) electrons. The van der Waals surface area contributed by atoms with Crippen molar-refractivity contribution in [3.63, 3.8) is 0 Å². The van der Waals surface area contributed by atoms with Gasteiger partial charge in [0.05, 0.1) is 4.75 Å². The van der Waals surface area contributed by atoms with Crippen LogP contribution in [0.1, 0.15) is 33.1 Å². The van der Waals surface area contributed by atoms with Crippen molar-refractivity contribution in [2.24, 2.45) is 0 Å². The third-order valence-corrected chi connectivity index (χ3v) is 3.58. The highest BCUT2D eigenvalue weighted by Gasteiger charge is 2.39. The number of carbonyl (C=O) groups is 1. The highest BCUT2D eigenvalue weighted by molar-refractivity contribution is 8.01. The van der Waals surface area contributed by atoms with Crippen LogP contribution in [0.4, 0.5) is 4.39 Å². The van der Waals surface area contributed by atoms with Gasteiger partial charge in [-0.3, -0.25) is 0 Å². The van der Waals surface area contributed by atoms with Gasteiger partial charge in [0, 0.05) is 6.42 Å². The van der Waals surface area contributed by atoms with E-state index >= 15 is 0 Å². The third-order valence-electron chi connectivity index (χ3n) is 2.07. The molecule has 0 saturated carbocycles. The second kappa shape index (κ2) is 3.36. The van der Waals surface area contributed by atoms with E-state index in [1.807, 2.05) is 0 Å². The number of halogens is 1. The molecule has 1 atom stereocenters. The van der Waals surface area contributed by atoms with Crippen LogP contribution in [0.2, 0.25) is 0 Å². The molecule has 1 aliphatic rings. The lowest BCUT2D eigenvalue weighted by Gasteiger charge is -2.26. The van der Waals surface area contributed by atoms with E-state index in [0.717, 1.165) is 24.9 Å². The van der Waals surface area contributed by atoms with Gasteiger partial charge in [-0.05, 0) is 32.4 Å². The average molecular weight is 190 g/mol. The summed E-state index contributed by atoms with van der Waals surface area (Å²) >= 11 is 1.61. The Hall–Kier alpha value is -0.0500. The Morgan fingerprint density at radius 2 is 2.33 bits per heavy atom. The third kappa shape index (κ3) is 2.47. The van der Waals surface area contributed by atoms with Crippen molar-refractivity contribution in [2.45, 2.75) is 43.5 Å². The lowest BCUT2D eigenvalue weighted by Crippen LogP contribution is -2.32.